The molecule has 5 nitrogen and oxygen atoms in total. The Morgan fingerprint density at radius 2 is 1.85 bits per heavy atom. The summed E-state index contributed by atoms with van der Waals surface area (Å²) in [7, 11) is 0. The monoisotopic (exact) mass is 487 g/mol. The molecule has 0 aliphatic carbocycles. The smallest absolute Gasteiger partial charge is 0.416 e. The summed E-state index contributed by atoms with van der Waals surface area (Å²) in [5.41, 5.74) is 1.61. The highest BCUT2D eigenvalue weighted by molar-refractivity contribution is 7.09. The summed E-state index contributed by atoms with van der Waals surface area (Å²) in [5, 5.41) is 2.97. The highest BCUT2D eigenvalue weighted by Gasteiger charge is 2.31. The van der Waals surface area contributed by atoms with Crippen molar-refractivity contribution in [2.75, 3.05) is 31.1 Å². The van der Waals surface area contributed by atoms with Crippen molar-refractivity contribution in [1.82, 2.24) is 9.88 Å². The van der Waals surface area contributed by atoms with E-state index < -0.39 is 11.7 Å². The summed E-state index contributed by atoms with van der Waals surface area (Å²) >= 11 is 1.58. The summed E-state index contributed by atoms with van der Waals surface area (Å²) in [4.78, 5) is 20.5. The number of aryl methyl sites for hydroxylation is 1. The number of rotatable bonds is 6. The van der Waals surface area contributed by atoms with Crippen LogP contribution in [0.1, 0.15) is 21.8 Å². The second kappa shape index (κ2) is 10.3. The molecule has 34 heavy (non-hydrogen) atoms. The Morgan fingerprint density at radius 1 is 1.12 bits per heavy atom. The molecule has 178 valence electrons. The first-order valence-electron chi connectivity index (χ1n) is 10.8. The lowest BCUT2D eigenvalue weighted by atomic mass is 10.1. The third kappa shape index (κ3) is 6.17. The summed E-state index contributed by atoms with van der Waals surface area (Å²) in [6.07, 6.45) is -1.10. The summed E-state index contributed by atoms with van der Waals surface area (Å²) in [6, 6.07) is 12.7. The highest BCUT2D eigenvalue weighted by Crippen LogP contribution is 2.32. The predicted octanol–water partition coefficient (Wildman–Crippen LogP) is 5.41. The van der Waals surface area contributed by atoms with Crippen LogP contribution in [0.15, 0.2) is 60.0 Å². The molecular formula is C25H24F3N3O2S. The van der Waals surface area contributed by atoms with E-state index in [9.17, 15) is 18.0 Å². The van der Waals surface area contributed by atoms with Gasteiger partial charge in [0.25, 0.3) is 0 Å². The molecule has 0 radical (unpaired) electrons. The van der Waals surface area contributed by atoms with E-state index in [0.29, 0.717) is 38.5 Å². The number of ether oxygens (including phenoxy) is 1. The summed E-state index contributed by atoms with van der Waals surface area (Å²) in [6.45, 7) is 4.21. The Balaban J connectivity index is 1.27. The molecule has 0 bridgehead atoms. The van der Waals surface area contributed by atoms with Crippen molar-refractivity contribution in [2.45, 2.75) is 19.7 Å². The Hall–Kier alpha value is -3.33. The Labute approximate surface area is 200 Å². The van der Waals surface area contributed by atoms with Crippen LogP contribution in [0, 0.1) is 6.92 Å². The van der Waals surface area contributed by atoms with Gasteiger partial charge in [-0.15, -0.1) is 11.3 Å². The second-order valence-corrected chi connectivity index (χ2v) is 8.97. The number of amides is 1. The number of anilines is 1. The van der Waals surface area contributed by atoms with Gasteiger partial charge >= 0.3 is 6.18 Å². The fraction of sp³-hybridized carbons (Fsp3) is 0.280. The SMILES string of the molecule is Cc1nc(COc2ccc(C=CC(=O)N3CCN(c4cccc(C(F)(F)F)c4)CC3)cc2)cs1. The van der Waals surface area contributed by atoms with Gasteiger partial charge in [-0.2, -0.15) is 13.2 Å². The predicted molar refractivity (Wildman–Crippen MR) is 127 cm³/mol. The zero-order chi connectivity index (χ0) is 24.1. The van der Waals surface area contributed by atoms with Crippen LogP contribution in [0.2, 0.25) is 0 Å². The van der Waals surface area contributed by atoms with Crippen LogP contribution < -0.4 is 9.64 Å². The van der Waals surface area contributed by atoms with Crippen molar-refractivity contribution in [2.24, 2.45) is 0 Å². The molecule has 1 saturated heterocycles. The number of benzene rings is 2. The van der Waals surface area contributed by atoms with Gasteiger partial charge in [0.15, 0.2) is 0 Å². The Kier molecular flexibility index (Phi) is 7.21. The first-order valence-corrected chi connectivity index (χ1v) is 11.7. The van der Waals surface area contributed by atoms with E-state index in [1.165, 1.54) is 12.1 Å². The van der Waals surface area contributed by atoms with E-state index >= 15 is 0 Å². The molecule has 0 unspecified atom stereocenters. The van der Waals surface area contributed by atoms with Gasteiger partial charge in [-0.05, 0) is 48.9 Å². The van der Waals surface area contributed by atoms with E-state index in [1.54, 1.807) is 28.4 Å². The molecule has 1 fully saturated rings. The number of thiazole rings is 1. The maximum absolute atomic E-state index is 13.0. The number of hydrogen-bond acceptors (Lipinski definition) is 5. The number of hydrogen-bond donors (Lipinski definition) is 0. The molecular weight excluding hydrogens is 463 g/mol. The zero-order valence-electron chi connectivity index (χ0n) is 18.6. The first-order chi connectivity index (χ1) is 16.3. The van der Waals surface area contributed by atoms with E-state index in [-0.39, 0.29) is 5.91 Å². The number of piperazine rings is 1. The van der Waals surface area contributed by atoms with E-state index in [1.807, 2.05) is 41.5 Å². The van der Waals surface area contributed by atoms with Crippen LogP contribution in [0.5, 0.6) is 5.75 Å². The lowest BCUT2D eigenvalue weighted by Crippen LogP contribution is -2.48. The number of carbonyl (C=O) groups is 1. The normalized spacial score (nSPS) is 14.6. The van der Waals surface area contributed by atoms with E-state index in [0.717, 1.165) is 34.1 Å². The molecule has 1 amide bonds. The van der Waals surface area contributed by atoms with Crippen molar-refractivity contribution in [3.8, 4) is 5.75 Å². The Bertz CT molecular complexity index is 1150. The fourth-order valence-electron chi connectivity index (χ4n) is 3.64. The van der Waals surface area contributed by atoms with Gasteiger partial charge in [0.1, 0.15) is 12.4 Å². The van der Waals surface area contributed by atoms with Crippen LogP contribution >= 0.6 is 11.3 Å². The standard InChI is InChI=1S/C25H24F3N3O2S/c1-18-29-21(17-34-18)16-33-23-8-5-19(6-9-23)7-10-24(32)31-13-11-30(12-14-31)22-4-2-3-20(15-22)25(26,27)28/h2-10,15,17H,11-14,16H2,1H3. The molecule has 2 heterocycles. The molecule has 9 heteroatoms. The van der Waals surface area contributed by atoms with Crippen molar-refractivity contribution in [3.63, 3.8) is 0 Å². The van der Waals surface area contributed by atoms with Crippen molar-refractivity contribution in [3.05, 3.63) is 81.8 Å². The summed E-state index contributed by atoms with van der Waals surface area (Å²) < 4.78 is 44.6. The van der Waals surface area contributed by atoms with E-state index in [4.69, 9.17) is 4.74 Å². The van der Waals surface area contributed by atoms with Crippen LogP contribution in [0.3, 0.4) is 0 Å². The zero-order valence-corrected chi connectivity index (χ0v) is 19.4. The van der Waals surface area contributed by atoms with Crippen LogP contribution in [0.25, 0.3) is 6.08 Å². The number of nitrogens with zero attached hydrogens (tertiary/aromatic N) is 3. The van der Waals surface area contributed by atoms with Gasteiger partial charge < -0.3 is 14.5 Å². The minimum atomic E-state index is -4.37. The minimum Gasteiger partial charge on any atom is -0.487 e. The fourth-order valence-corrected chi connectivity index (χ4v) is 4.24. The van der Waals surface area contributed by atoms with Gasteiger partial charge in [0, 0.05) is 43.3 Å². The Morgan fingerprint density at radius 3 is 2.50 bits per heavy atom. The van der Waals surface area contributed by atoms with E-state index in [2.05, 4.69) is 4.98 Å². The molecule has 0 saturated carbocycles. The summed E-state index contributed by atoms with van der Waals surface area (Å²) in [5.74, 6) is 0.600. The largest absolute Gasteiger partial charge is 0.487 e. The molecule has 0 spiro atoms. The number of carbonyl (C=O) groups excluding carboxylic acids is 1. The number of halogens is 3. The van der Waals surface area contributed by atoms with Crippen LogP contribution in [-0.2, 0) is 17.6 Å². The molecule has 0 atom stereocenters. The molecule has 0 N–H and O–H groups in total. The third-order valence-electron chi connectivity index (χ3n) is 5.48. The van der Waals surface area contributed by atoms with Crippen molar-refractivity contribution < 1.29 is 22.7 Å². The van der Waals surface area contributed by atoms with Crippen LogP contribution in [-0.4, -0.2) is 42.0 Å². The first kappa shape index (κ1) is 23.8. The molecule has 1 aliphatic heterocycles. The molecule has 2 aromatic carbocycles. The van der Waals surface area contributed by atoms with Crippen molar-refractivity contribution >= 4 is 29.0 Å². The number of alkyl halides is 3. The van der Waals surface area contributed by atoms with Gasteiger partial charge in [-0.1, -0.05) is 18.2 Å². The maximum Gasteiger partial charge on any atom is 0.416 e. The third-order valence-corrected chi connectivity index (χ3v) is 6.30. The van der Waals surface area contributed by atoms with Crippen molar-refractivity contribution in [1.29, 1.82) is 0 Å². The average Bonchev–Trinajstić information content (AvgIpc) is 3.26. The van der Waals surface area contributed by atoms with Gasteiger partial charge in [0.2, 0.25) is 5.91 Å². The average molecular weight is 488 g/mol. The quantitative estimate of drug-likeness (QED) is 0.436. The van der Waals surface area contributed by atoms with Gasteiger partial charge in [0.05, 0.1) is 16.3 Å². The highest BCUT2D eigenvalue weighted by atomic mass is 32.1. The molecule has 1 aromatic heterocycles. The maximum atomic E-state index is 13.0. The second-order valence-electron chi connectivity index (χ2n) is 7.91. The molecule has 4 rings (SSSR count). The van der Waals surface area contributed by atoms with Gasteiger partial charge in [-0.3, -0.25) is 4.79 Å². The lowest BCUT2D eigenvalue weighted by molar-refractivity contribution is -0.137. The molecule has 1 aliphatic rings. The molecule has 3 aromatic rings. The number of aromatic nitrogens is 1. The lowest BCUT2D eigenvalue weighted by Gasteiger charge is -2.35. The van der Waals surface area contributed by atoms with Gasteiger partial charge in [-0.25, -0.2) is 4.98 Å². The topological polar surface area (TPSA) is 45.7 Å². The minimum absolute atomic E-state index is 0.122. The van der Waals surface area contributed by atoms with Crippen LogP contribution in [0.4, 0.5) is 18.9 Å².